The Morgan fingerprint density at radius 1 is 1.21 bits per heavy atom. The highest BCUT2D eigenvalue weighted by Crippen LogP contribution is 2.23. The first kappa shape index (κ1) is 14.1. The van der Waals surface area contributed by atoms with Gasteiger partial charge in [-0.1, -0.05) is 0 Å². The second-order valence-electron chi connectivity index (χ2n) is 5.27. The van der Waals surface area contributed by atoms with E-state index in [1.54, 1.807) is 0 Å². The molecule has 2 rings (SSSR count). The molecular weight excluding hydrogens is 238 g/mol. The molecule has 0 unspecified atom stereocenters. The lowest BCUT2D eigenvalue weighted by Crippen LogP contribution is -2.27. The number of carbonyl (C=O) groups is 1. The molecule has 0 aromatic heterocycles. The van der Waals surface area contributed by atoms with Crippen molar-refractivity contribution in [3.05, 3.63) is 28.8 Å². The average Bonchev–Trinajstić information content (AvgIpc) is 2.86. The van der Waals surface area contributed by atoms with E-state index in [0.717, 1.165) is 35.5 Å². The maximum atomic E-state index is 12.4. The SMILES string of the molecule is CCOc1cc(C)c(C(=O)CN2CCCC2)cc1C. The zero-order chi connectivity index (χ0) is 13.8. The van der Waals surface area contributed by atoms with Crippen molar-refractivity contribution in [2.24, 2.45) is 0 Å². The van der Waals surface area contributed by atoms with E-state index in [2.05, 4.69) is 4.90 Å². The van der Waals surface area contributed by atoms with Crippen LogP contribution in [0.4, 0.5) is 0 Å². The molecular formula is C16H23NO2. The van der Waals surface area contributed by atoms with Gasteiger partial charge in [-0.15, -0.1) is 0 Å². The Morgan fingerprint density at radius 3 is 2.53 bits per heavy atom. The summed E-state index contributed by atoms with van der Waals surface area (Å²) in [4.78, 5) is 14.6. The third-order valence-electron chi connectivity index (χ3n) is 3.69. The van der Waals surface area contributed by atoms with Crippen molar-refractivity contribution in [1.29, 1.82) is 0 Å². The number of rotatable bonds is 5. The van der Waals surface area contributed by atoms with Crippen LogP contribution in [0.15, 0.2) is 12.1 Å². The van der Waals surface area contributed by atoms with Gasteiger partial charge in [0.05, 0.1) is 13.2 Å². The van der Waals surface area contributed by atoms with Crippen LogP contribution in [-0.4, -0.2) is 36.9 Å². The van der Waals surface area contributed by atoms with Crippen LogP contribution in [0.25, 0.3) is 0 Å². The summed E-state index contributed by atoms with van der Waals surface area (Å²) in [6, 6.07) is 3.95. The number of ketones is 1. The fraction of sp³-hybridized carbons (Fsp3) is 0.562. The van der Waals surface area contributed by atoms with Crippen LogP contribution >= 0.6 is 0 Å². The van der Waals surface area contributed by atoms with Crippen LogP contribution in [0.3, 0.4) is 0 Å². The van der Waals surface area contributed by atoms with E-state index in [0.29, 0.717) is 13.2 Å². The van der Waals surface area contributed by atoms with Crippen LogP contribution in [0.2, 0.25) is 0 Å². The molecule has 0 radical (unpaired) electrons. The summed E-state index contributed by atoms with van der Waals surface area (Å²) >= 11 is 0. The van der Waals surface area contributed by atoms with Gasteiger partial charge in [0.1, 0.15) is 5.75 Å². The predicted octanol–water partition coefficient (Wildman–Crippen LogP) is 2.98. The third kappa shape index (κ3) is 3.35. The molecule has 1 aliphatic heterocycles. The van der Waals surface area contributed by atoms with Gasteiger partial charge in [-0.05, 0) is 70.0 Å². The maximum Gasteiger partial charge on any atom is 0.177 e. The lowest BCUT2D eigenvalue weighted by molar-refractivity contribution is 0.0944. The molecule has 1 heterocycles. The van der Waals surface area contributed by atoms with Crippen molar-refractivity contribution in [1.82, 2.24) is 4.90 Å². The molecule has 1 saturated heterocycles. The normalized spacial score (nSPS) is 15.7. The zero-order valence-electron chi connectivity index (χ0n) is 12.2. The monoisotopic (exact) mass is 261 g/mol. The molecule has 1 fully saturated rings. The van der Waals surface area contributed by atoms with E-state index in [1.807, 2.05) is 32.9 Å². The van der Waals surface area contributed by atoms with Gasteiger partial charge >= 0.3 is 0 Å². The van der Waals surface area contributed by atoms with Crippen molar-refractivity contribution in [3.63, 3.8) is 0 Å². The summed E-state index contributed by atoms with van der Waals surface area (Å²) < 4.78 is 5.56. The molecule has 1 aromatic carbocycles. The molecule has 0 spiro atoms. The minimum Gasteiger partial charge on any atom is -0.494 e. The Morgan fingerprint density at radius 2 is 1.89 bits per heavy atom. The maximum absolute atomic E-state index is 12.4. The minimum atomic E-state index is 0.227. The number of likely N-dealkylation sites (tertiary alicyclic amines) is 1. The number of benzene rings is 1. The molecule has 0 aliphatic carbocycles. The summed E-state index contributed by atoms with van der Waals surface area (Å²) in [6.07, 6.45) is 2.43. The van der Waals surface area contributed by atoms with Crippen LogP contribution in [0, 0.1) is 13.8 Å². The number of nitrogens with zero attached hydrogens (tertiary/aromatic N) is 1. The van der Waals surface area contributed by atoms with E-state index in [-0.39, 0.29) is 5.78 Å². The zero-order valence-corrected chi connectivity index (χ0v) is 12.2. The molecule has 0 bridgehead atoms. The second kappa shape index (κ2) is 6.20. The second-order valence-corrected chi connectivity index (χ2v) is 5.27. The van der Waals surface area contributed by atoms with Gasteiger partial charge in [0.25, 0.3) is 0 Å². The smallest absolute Gasteiger partial charge is 0.177 e. The molecule has 3 nitrogen and oxygen atoms in total. The van der Waals surface area contributed by atoms with Crippen LogP contribution in [-0.2, 0) is 0 Å². The van der Waals surface area contributed by atoms with Gasteiger partial charge in [-0.2, -0.15) is 0 Å². The van der Waals surface area contributed by atoms with Crippen molar-refractivity contribution in [2.75, 3.05) is 26.2 Å². The Kier molecular flexibility index (Phi) is 4.59. The Labute approximate surface area is 115 Å². The molecule has 3 heteroatoms. The largest absolute Gasteiger partial charge is 0.494 e. The number of hydrogen-bond acceptors (Lipinski definition) is 3. The van der Waals surface area contributed by atoms with Gasteiger partial charge in [-0.25, -0.2) is 0 Å². The Hall–Kier alpha value is -1.35. The predicted molar refractivity (Wildman–Crippen MR) is 77.1 cm³/mol. The molecule has 0 atom stereocenters. The topological polar surface area (TPSA) is 29.5 Å². The molecule has 0 N–H and O–H groups in total. The van der Waals surface area contributed by atoms with Crippen LogP contribution < -0.4 is 4.74 Å². The first-order chi connectivity index (χ1) is 9.11. The van der Waals surface area contributed by atoms with Crippen molar-refractivity contribution < 1.29 is 9.53 Å². The fourth-order valence-electron chi connectivity index (χ4n) is 2.63. The number of aryl methyl sites for hydroxylation is 2. The molecule has 1 aliphatic rings. The first-order valence-corrected chi connectivity index (χ1v) is 7.11. The summed E-state index contributed by atoms with van der Waals surface area (Å²) in [6.45, 7) is 9.27. The quantitative estimate of drug-likeness (QED) is 0.763. The highest BCUT2D eigenvalue weighted by molar-refractivity contribution is 5.99. The number of ether oxygens (including phenoxy) is 1. The summed E-state index contributed by atoms with van der Waals surface area (Å²) in [7, 11) is 0. The Bertz CT molecular complexity index is 462. The van der Waals surface area contributed by atoms with Gasteiger partial charge in [0, 0.05) is 5.56 Å². The molecule has 0 amide bonds. The first-order valence-electron chi connectivity index (χ1n) is 7.11. The number of carbonyl (C=O) groups excluding carboxylic acids is 1. The Balaban J connectivity index is 2.14. The minimum absolute atomic E-state index is 0.227. The number of Topliss-reactive ketones (excluding diaryl/α,β-unsaturated/α-hetero) is 1. The average molecular weight is 261 g/mol. The highest BCUT2D eigenvalue weighted by Gasteiger charge is 2.18. The van der Waals surface area contributed by atoms with E-state index in [4.69, 9.17) is 4.74 Å². The van der Waals surface area contributed by atoms with Gasteiger partial charge < -0.3 is 4.74 Å². The van der Waals surface area contributed by atoms with Crippen LogP contribution in [0.5, 0.6) is 5.75 Å². The van der Waals surface area contributed by atoms with E-state index in [9.17, 15) is 4.79 Å². The van der Waals surface area contributed by atoms with E-state index >= 15 is 0 Å². The van der Waals surface area contributed by atoms with E-state index < -0.39 is 0 Å². The lowest BCUT2D eigenvalue weighted by atomic mass is 10.0. The molecule has 104 valence electrons. The van der Waals surface area contributed by atoms with Crippen molar-refractivity contribution in [2.45, 2.75) is 33.6 Å². The van der Waals surface area contributed by atoms with E-state index in [1.165, 1.54) is 12.8 Å². The molecule has 0 saturated carbocycles. The van der Waals surface area contributed by atoms with Gasteiger partial charge in [-0.3, -0.25) is 9.69 Å². The van der Waals surface area contributed by atoms with Crippen molar-refractivity contribution in [3.8, 4) is 5.75 Å². The number of hydrogen-bond donors (Lipinski definition) is 0. The standard InChI is InChI=1S/C16H23NO2/c1-4-19-16-10-12(2)14(9-13(16)3)15(18)11-17-7-5-6-8-17/h9-10H,4-8,11H2,1-3H3. The molecule has 19 heavy (non-hydrogen) atoms. The van der Waals surface area contributed by atoms with Gasteiger partial charge in [0.15, 0.2) is 5.78 Å². The fourth-order valence-corrected chi connectivity index (χ4v) is 2.63. The van der Waals surface area contributed by atoms with Crippen LogP contribution in [0.1, 0.15) is 41.3 Å². The summed E-state index contributed by atoms with van der Waals surface area (Å²) in [5.41, 5.74) is 2.89. The lowest BCUT2D eigenvalue weighted by Gasteiger charge is -2.16. The highest BCUT2D eigenvalue weighted by atomic mass is 16.5. The summed E-state index contributed by atoms with van der Waals surface area (Å²) in [5.74, 6) is 1.11. The summed E-state index contributed by atoms with van der Waals surface area (Å²) in [5, 5.41) is 0. The third-order valence-corrected chi connectivity index (χ3v) is 3.69. The van der Waals surface area contributed by atoms with Crippen molar-refractivity contribution >= 4 is 5.78 Å². The molecule has 1 aromatic rings. The van der Waals surface area contributed by atoms with Gasteiger partial charge in [0.2, 0.25) is 0 Å².